The van der Waals surface area contributed by atoms with Crippen molar-refractivity contribution in [1.82, 2.24) is 10.1 Å². The van der Waals surface area contributed by atoms with Crippen molar-refractivity contribution in [2.45, 2.75) is 39.8 Å². The van der Waals surface area contributed by atoms with Crippen LogP contribution in [0.3, 0.4) is 0 Å². The van der Waals surface area contributed by atoms with Crippen LogP contribution in [0.15, 0.2) is 4.52 Å². The van der Waals surface area contributed by atoms with Crippen LogP contribution in [0.4, 0.5) is 0 Å². The highest BCUT2D eigenvalue weighted by atomic mass is 16.5. The number of nitrogens with zero attached hydrogens (tertiary/aromatic N) is 2. The lowest BCUT2D eigenvalue weighted by Gasteiger charge is -2.11. The fourth-order valence-electron chi connectivity index (χ4n) is 0.957. The van der Waals surface area contributed by atoms with Crippen LogP contribution in [0.25, 0.3) is 0 Å². The lowest BCUT2D eigenvalue weighted by molar-refractivity contribution is 0.0775. The molecule has 1 heterocycles. The summed E-state index contributed by atoms with van der Waals surface area (Å²) in [6.45, 7) is 8.86. The van der Waals surface area contributed by atoms with Gasteiger partial charge in [0.2, 0.25) is 0 Å². The number of ether oxygens (including phenoxy) is 1. The standard InChI is InChI=1S/C10H19N3O2/c1-7(2)5-14-6-8-12-9(13-15-8)10(3,4)11/h7H,5-6,11H2,1-4H3. The molecule has 0 aliphatic rings. The van der Waals surface area contributed by atoms with E-state index in [2.05, 4.69) is 24.0 Å². The van der Waals surface area contributed by atoms with Crippen molar-refractivity contribution in [3.05, 3.63) is 11.7 Å². The maximum atomic E-state index is 5.82. The largest absolute Gasteiger partial charge is 0.371 e. The van der Waals surface area contributed by atoms with Crippen molar-refractivity contribution in [3.63, 3.8) is 0 Å². The molecule has 0 saturated carbocycles. The molecule has 2 N–H and O–H groups in total. The molecule has 5 heteroatoms. The van der Waals surface area contributed by atoms with Crippen LogP contribution in [0.5, 0.6) is 0 Å². The van der Waals surface area contributed by atoms with Crippen LogP contribution >= 0.6 is 0 Å². The van der Waals surface area contributed by atoms with Gasteiger partial charge in [-0.15, -0.1) is 0 Å². The molecule has 0 fully saturated rings. The zero-order valence-electron chi connectivity index (χ0n) is 9.78. The Kier molecular flexibility index (Phi) is 3.82. The fraction of sp³-hybridized carbons (Fsp3) is 0.800. The lowest BCUT2D eigenvalue weighted by atomic mass is 10.1. The molecule has 0 aliphatic carbocycles. The van der Waals surface area contributed by atoms with E-state index in [1.165, 1.54) is 0 Å². The SMILES string of the molecule is CC(C)COCc1nc(C(C)(C)N)no1. The molecule has 0 atom stereocenters. The first-order valence-corrected chi connectivity index (χ1v) is 5.09. The van der Waals surface area contributed by atoms with E-state index in [0.29, 0.717) is 30.8 Å². The number of hydrogen-bond donors (Lipinski definition) is 1. The molecule has 1 aromatic heterocycles. The van der Waals surface area contributed by atoms with E-state index in [1.807, 2.05) is 13.8 Å². The minimum atomic E-state index is -0.570. The van der Waals surface area contributed by atoms with Crippen molar-refractivity contribution in [2.24, 2.45) is 11.7 Å². The summed E-state index contributed by atoms with van der Waals surface area (Å²) in [7, 11) is 0. The van der Waals surface area contributed by atoms with Crippen molar-refractivity contribution in [1.29, 1.82) is 0 Å². The molecule has 5 nitrogen and oxygen atoms in total. The van der Waals surface area contributed by atoms with Gasteiger partial charge in [0.15, 0.2) is 5.82 Å². The predicted octanol–water partition coefficient (Wildman–Crippen LogP) is 1.44. The molecule has 15 heavy (non-hydrogen) atoms. The highest BCUT2D eigenvalue weighted by molar-refractivity contribution is 4.98. The topological polar surface area (TPSA) is 74.2 Å². The molecule has 1 aromatic rings. The van der Waals surface area contributed by atoms with Gasteiger partial charge >= 0.3 is 0 Å². The van der Waals surface area contributed by atoms with Gasteiger partial charge in [-0.2, -0.15) is 4.98 Å². The highest BCUT2D eigenvalue weighted by Gasteiger charge is 2.21. The summed E-state index contributed by atoms with van der Waals surface area (Å²) in [5.41, 5.74) is 5.25. The first-order valence-electron chi connectivity index (χ1n) is 5.09. The minimum Gasteiger partial charge on any atom is -0.371 e. The van der Waals surface area contributed by atoms with E-state index in [1.54, 1.807) is 0 Å². The third kappa shape index (κ3) is 3.97. The van der Waals surface area contributed by atoms with Gasteiger partial charge in [-0.25, -0.2) is 0 Å². The molecular weight excluding hydrogens is 194 g/mol. The second kappa shape index (κ2) is 4.72. The number of rotatable bonds is 5. The van der Waals surface area contributed by atoms with Crippen molar-refractivity contribution >= 4 is 0 Å². The summed E-state index contributed by atoms with van der Waals surface area (Å²) in [6.07, 6.45) is 0. The minimum absolute atomic E-state index is 0.348. The zero-order chi connectivity index (χ0) is 11.5. The summed E-state index contributed by atoms with van der Waals surface area (Å²) in [5, 5.41) is 3.79. The Balaban J connectivity index is 2.47. The third-order valence-electron chi connectivity index (χ3n) is 1.72. The Morgan fingerprint density at radius 2 is 2.13 bits per heavy atom. The van der Waals surface area contributed by atoms with E-state index in [0.717, 1.165) is 0 Å². The Bertz CT molecular complexity index is 302. The normalized spacial score (nSPS) is 12.4. The molecule has 0 unspecified atom stereocenters. The summed E-state index contributed by atoms with van der Waals surface area (Å²) >= 11 is 0. The quantitative estimate of drug-likeness (QED) is 0.801. The second-order valence-electron chi connectivity index (χ2n) is 4.64. The summed E-state index contributed by atoms with van der Waals surface area (Å²) in [4.78, 5) is 4.15. The van der Waals surface area contributed by atoms with Gasteiger partial charge in [0.25, 0.3) is 5.89 Å². The van der Waals surface area contributed by atoms with Crippen molar-refractivity contribution in [3.8, 4) is 0 Å². The van der Waals surface area contributed by atoms with Gasteiger partial charge in [-0.05, 0) is 19.8 Å². The number of hydrogen-bond acceptors (Lipinski definition) is 5. The van der Waals surface area contributed by atoms with Crippen LogP contribution in [0.2, 0.25) is 0 Å². The molecule has 0 amide bonds. The Morgan fingerprint density at radius 3 is 2.60 bits per heavy atom. The van der Waals surface area contributed by atoms with E-state index < -0.39 is 5.54 Å². The van der Waals surface area contributed by atoms with E-state index in [-0.39, 0.29) is 0 Å². The lowest BCUT2D eigenvalue weighted by Crippen LogP contribution is -2.30. The van der Waals surface area contributed by atoms with E-state index in [4.69, 9.17) is 15.0 Å². The molecule has 1 rings (SSSR count). The van der Waals surface area contributed by atoms with E-state index in [9.17, 15) is 0 Å². The molecule has 0 radical (unpaired) electrons. The van der Waals surface area contributed by atoms with Gasteiger partial charge in [0, 0.05) is 6.61 Å². The average Bonchev–Trinajstić information content (AvgIpc) is 2.51. The van der Waals surface area contributed by atoms with Crippen molar-refractivity contribution in [2.75, 3.05) is 6.61 Å². The Hall–Kier alpha value is -0.940. The first kappa shape index (κ1) is 12.1. The average molecular weight is 213 g/mol. The maximum Gasteiger partial charge on any atom is 0.252 e. The first-order chi connectivity index (χ1) is 6.89. The van der Waals surface area contributed by atoms with Gasteiger partial charge in [-0.1, -0.05) is 19.0 Å². The Morgan fingerprint density at radius 1 is 1.47 bits per heavy atom. The smallest absolute Gasteiger partial charge is 0.252 e. The molecule has 0 spiro atoms. The van der Waals surface area contributed by atoms with Crippen LogP contribution in [-0.2, 0) is 16.9 Å². The van der Waals surface area contributed by atoms with Crippen molar-refractivity contribution < 1.29 is 9.26 Å². The predicted molar refractivity (Wildman–Crippen MR) is 56.0 cm³/mol. The molecular formula is C10H19N3O2. The van der Waals surface area contributed by atoms with Crippen LogP contribution in [0, 0.1) is 5.92 Å². The molecule has 0 aliphatic heterocycles. The van der Waals surface area contributed by atoms with Crippen LogP contribution in [0.1, 0.15) is 39.4 Å². The monoisotopic (exact) mass is 213 g/mol. The van der Waals surface area contributed by atoms with E-state index >= 15 is 0 Å². The summed E-state index contributed by atoms with van der Waals surface area (Å²) in [5.74, 6) is 1.48. The molecule has 0 aromatic carbocycles. The van der Waals surface area contributed by atoms with Gasteiger partial charge in [0.05, 0.1) is 5.54 Å². The fourth-order valence-corrected chi connectivity index (χ4v) is 0.957. The highest BCUT2D eigenvalue weighted by Crippen LogP contribution is 2.12. The molecule has 0 saturated heterocycles. The molecule has 0 bridgehead atoms. The third-order valence-corrected chi connectivity index (χ3v) is 1.72. The zero-order valence-corrected chi connectivity index (χ0v) is 9.78. The molecule has 86 valence electrons. The Labute approximate surface area is 90.0 Å². The van der Waals surface area contributed by atoms with Gasteiger partial charge in [0.1, 0.15) is 6.61 Å². The van der Waals surface area contributed by atoms with Gasteiger partial charge < -0.3 is 15.0 Å². The second-order valence-corrected chi connectivity index (χ2v) is 4.64. The number of nitrogens with two attached hydrogens (primary N) is 1. The summed E-state index contributed by atoms with van der Waals surface area (Å²) in [6, 6.07) is 0. The van der Waals surface area contributed by atoms with Gasteiger partial charge in [-0.3, -0.25) is 0 Å². The van der Waals surface area contributed by atoms with Crippen LogP contribution in [-0.4, -0.2) is 16.7 Å². The van der Waals surface area contributed by atoms with Crippen LogP contribution < -0.4 is 5.73 Å². The number of aromatic nitrogens is 2. The summed E-state index contributed by atoms with van der Waals surface area (Å²) < 4.78 is 10.4. The maximum absolute atomic E-state index is 5.82.